The van der Waals surface area contributed by atoms with Crippen molar-refractivity contribution < 1.29 is 0 Å². The fourth-order valence-corrected chi connectivity index (χ4v) is 3.01. The molecule has 0 N–H and O–H groups in total. The van der Waals surface area contributed by atoms with E-state index >= 15 is 0 Å². The zero-order valence-corrected chi connectivity index (χ0v) is 15.8. The normalized spacial score (nSPS) is 11.8. The van der Waals surface area contributed by atoms with Crippen LogP contribution in [-0.2, 0) is 6.54 Å². The molecule has 132 valence electrons. The first-order chi connectivity index (χ1) is 12.5. The number of nitriles is 1. The Kier molecular flexibility index (Phi) is 5.09. The summed E-state index contributed by atoms with van der Waals surface area (Å²) in [6, 6.07) is 18.6. The molecule has 2 aromatic carbocycles. The minimum atomic E-state index is 0.464. The third-order valence-corrected chi connectivity index (χ3v) is 4.28. The van der Waals surface area contributed by atoms with Gasteiger partial charge in [-0.1, -0.05) is 38.1 Å². The van der Waals surface area contributed by atoms with Crippen LogP contribution in [0.25, 0.3) is 22.7 Å². The lowest BCUT2D eigenvalue weighted by Gasteiger charge is -2.12. The van der Waals surface area contributed by atoms with Gasteiger partial charge in [-0.25, -0.2) is 4.98 Å². The number of fused-ring (bicyclic) bond motifs is 1. The van der Waals surface area contributed by atoms with Crippen LogP contribution in [0.3, 0.4) is 0 Å². The van der Waals surface area contributed by atoms with E-state index in [-0.39, 0.29) is 0 Å². The average molecular weight is 344 g/mol. The first kappa shape index (κ1) is 17.8. The Labute approximate surface area is 155 Å². The fraction of sp³-hybridized carbons (Fsp3) is 0.273. The van der Waals surface area contributed by atoms with Gasteiger partial charge in [-0.3, -0.25) is 0 Å². The van der Waals surface area contributed by atoms with Crippen LogP contribution in [0.4, 0.5) is 5.69 Å². The second-order valence-electron chi connectivity index (χ2n) is 7.08. The molecule has 0 saturated heterocycles. The minimum Gasteiger partial charge on any atom is -0.378 e. The van der Waals surface area contributed by atoms with Crippen molar-refractivity contribution in [1.29, 1.82) is 5.26 Å². The van der Waals surface area contributed by atoms with Gasteiger partial charge in [0.15, 0.2) is 5.82 Å². The van der Waals surface area contributed by atoms with E-state index in [9.17, 15) is 5.26 Å². The average Bonchev–Trinajstić information content (AvgIpc) is 2.98. The molecule has 0 fully saturated rings. The molecule has 3 rings (SSSR count). The molecule has 0 unspecified atom stereocenters. The van der Waals surface area contributed by atoms with Gasteiger partial charge in [-0.05, 0) is 41.8 Å². The Bertz CT molecular complexity index is 970. The Morgan fingerprint density at radius 2 is 1.85 bits per heavy atom. The second-order valence-corrected chi connectivity index (χ2v) is 7.08. The lowest BCUT2D eigenvalue weighted by molar-refractivity contribution is 0.529. The predicted molar refractivity (Wildman–Crippen MR) is 109 cm³/mol. The predicted octanol–water partition coefficient (Wildman–Crippen LogP) is 4.82. The molecule has 3 aromatic rings. The molecule has 0 bridgehead atoms. The van der Waals surface area contributed by atoms with Crippen molar-refractivity contribution in [2.45, 2.75) is 20.4 Å². The highest BCUT2D eigenvalue weighted by Gasteiger charge is 2.15. The molecule has 1 heterocycles. The standard InChI is InChI=1S/C22H24N4/c1-16(2)15-26-21-8-6-5-7-20(21)24-22(26)18(14-23)13-17-9-11-19(12-10-17)25(3)4/h5-13,16H,15H2,1-4H3. The van der Waals surface area contributed by atoms with Crippen molar-refractivity contribution in [3.05, 3.63) is 59.9 Å². The van der Waals surface area contributed by atoms with Crippen molar-refractivity contribution >= 4 is 28.4 Å². The van der Waals surface area contributed by atoms with Crippen molar-refractivity contribution in [2.24, 2.45) is 5.92 Å². The van der Waals surface area contributed by atoms with Crippen molar-refractivity contribution in [3.63, 3.8) is 0 Å². The number of benzene rings is 2. The molecule has 0 atom stereocenters. The summed E-state index contributed by atoms with van der Waals surface area (Å²) < 4.78 is 2.16. The van der Waals surface area contributed by atoms with E-state index in [1.54, 1.807) is 0 Å². The van der Waals surface area contributed by atoms with Gasteiger partial charge in [-0.2, -0.15) is 5.26 Å². The maximum absolute atomic E-state index is 9.79. The van der Waals surface area contributed by atoms with Crippen LogP contribution < -0.4 is 4.90 Å². The van der Waals surface area contributed by atoms with Crippen LogP contribution in [0.15, 0.2) is 48.5 Å². The highest BCUT2D eigenvalue weighted by atomic mass is 15.1. The molecule has 0 saturated carbocycles. The highest BCUT2D eigenvalue weighted by molar-refractivity contribution is 5.91. The number of hydrogen-bond acceptors (Lipinski definition) is 3. The van der Waals surface area contributed by atoms with Crippen molar-refractivity contribution in [2.75, 3.05) is 19.0 Å². The minimum absolute atomic E-state index is 0.464. The van der Waals surface area contributed by atoms with E-state index in [0.717, 1.165) is 34.7 Å². The number of allylic oxidation sites excluding steroid dienone is 1. The number of hydrogen-bond donors (Lipinski definition) is 0. The molecule has 0 aliphatic rings. The molecule has 0 amide bonds. The van der Waals surface area contributed by atoms with Crippen LogP contribution >= 0.6 is 0 Å². The van der Waals surface area contributed by atoms with Gasteiger partial charge in [0.05, 0.1) is 16.6 Å². The number of nitrogens with zero attached hydrogens (tertiary/aromatic N) is 4. The van der Waals surface area contributed by atoms with Gasteiger partial charge in [-0.15, -0.1) is 0 Å². The van der Waals surface area contributed by atoms with E-state index in [1.165, 1.54) is 0 Å². The highest BCUT2D eigenvalue weighted by Crippen LogP contribution is 2.25. The summed E-state index contributed by atoms with van der Waals surface area (Å²) >= 11 is 0. The fourth-order valence-electron chi connectivity index (χ4n) is 3.01. The zero-order valence-electron chi connectivity index (χ0n) is 15.8. The van der Waals surface area contributed by atoms with Crippen LogP contribution in [-0.4, -0.2) is 23.6 Å². The van der Waals surface area contributed by atoms with E-state index in [1.807, 2.05) is 50.5 Å². The maximum atomic E-state index is 9.79. The van der Waals surface area contributed by atoms with Gasteiger partial charge in [0.1, 0.15) is 6.07 Å². The molecule has 0 radical (unpaired) electrons. The quantitative estimate of drug-likeness (QED) is 0.623. The molecule has 4 nitrogen and oxygen atoms in total. The Balaban J connectivity index is 2.08. The largest absolute Gasteiger partial charge is 0.378 e. The monoisotopic (exact) mass is 344 g/mol. The van der Waals surface area contributed by atoms with Crippen LogP contribution in [0.2, 0.25) is 0 Å². The van der Waals surface area contributed by atoms with Gasteiger partial charge >= 0.3 is 0 Å². The van der Waals surface area contributed by atoms with Gasteiger partial charge in [0, 0.05) is 26.3 Å². The van der Waals surface area contributed by atoms with Gasteiger partial charge in [0.2, 0.25) is 0 Å². The summed E-state index contributed by atoms with van der Waals surface area (Å²) in [6.45, 7) is 5.18. The van der Waals surface area contributed by atoms with Crippen molar-refractivity contribution in [3.8, 4) is 6.07 Å². The van der Waals surface area contributed by atoms with Crippen LogP contribution in [0.5, 0.6) is 0 Å². The Morgan fingerprint density at radius 3 is 2.46 bits per heavy atom. The van der Waals surface area contributed by atoms with Crippen LogP contribution in [0.1, 0.15) is 25.2 Å². The SMILES string of the molecule is CC(C)Cn1c(C(C#N)=Cc2ccc(N(C)C)cc2)nc2ccccc21. The summed E-state index contributed by atoms with van der Waals surface area (Å²) in [5, 5.41) is 9.79. The summed E-state index contributed by atoms with van der Waals surface area (Å²) in [5.41, 5.74) is 4.70. The first-order valence-corrected chi connectivity index (χ1v) is 8.84. The summed E-state index contributed by atoms with van der Waals surface area (Å²) in [5.74, 6) is 1.20. The zero-order chi connectivity index (χ0) is 18.7. The topological polar surface area (TPSA) is 44.9 Å². The third-order valence-electron chi connectivity index (χ3n) is 4.28. The maximum Gasteiger partial charge on any atom is 0.151 e. The lowest BCUT2D eigenvalue weighted by Crippen LogP contribution is -2.08. The summed E-state index contributed by atoms with van der Waals surface area (Å²) in [4.78, 5) is 6.80. The number of aromatic nitrogens is 2. The number of rotatable bonds is 5. The summed E-state index contributed by atoms with van der Waals surface area (Å²) in [7, 11) is 4.03. The van der Waals surface area contributed by atoms with E-state index in [2.05, 4.69) is 47.6 Å². The lowest BCUT2D eigenvalue weighted by atomic mass is 10.1. The number of imidazole rings is 1. The van der Waals surface area contributed by atoms with Crippen molar-refractivity contribution in [1.82, 2.24) is 9.55 Å². The molecule has 26 heavy (non-hydrogen) atoms. The molecular formula is C22H24N4. The van der Waals surface area contributed by atoms with E-state index in [4.69, 9.17) is 4.98 Å². The van der Waals surface area contributed by atoms with Gasteiger partial charge in [0.25, 0.3) is 0 Å². The first-order valence-electron chi connectivity index (χ1n) is 8.84. The van der Waals surface area contributed by atoms with Gasteiger partial charge < -0.3 is 9.47 Å². The molecule has 0 aliphatic carbocycles. The van der Waals surface area contributed by atoms with E-state index in [0.29, 0.717) is 11.5 Å². The molecule has 1 aromatic heterocycles. The summed E-state index contributed by atoms with van der Waals surface area (Å²) in [6.07, 6.45) is 1.91. The molecular weight excluding hydrogens is 320 g/mol. The second kappa shape index (κ2) is 7.45. The number of anilines is 1. The molecule has 4 heteroatoms. The molecule has 0 aliphatic heterocycles. The Hall–Kier alpha value is -3.06. The smallest absolute Gasteiger partial charge is 0.151 e. The van der Waals surface area contributed by atoms with E-state index < -0.39 is 0 Å². The number of para-hydroxylation sites is 2. The van der Waals surface area contributed by atoms with Crippen LogP contribution in [0, 0.1) is 17.2 Å². The molecule has 0 spiro atoms. The Morgan fingerprint density at radius 1 is 1.15 bits per heavy atom. The third kappa shape index (κ3) is 3.62.